The highest BCUT2D eigenvalue weighted by Gasteiger charge is 2.20. The van der Waals surface area contributed by atoms with Crippen molar-refractivity contribution >= 4 is 11.6 Å². The quantitative estimate of drug-likeness (QED) is 0.757. The molecule has 1 heterocycles. The smallest absolute Gasteiger partial charge is 0.241 e. The maximum absolute atomic E-state index is 12.5. The zero-order valence-corrected chi connectivity index (χ0v) is 15.1. The minimum atomic E-state index is -0.345. The standard InChI is InChI=1S/C17H24N4O4/c1-11(21(2)9-13-8-18-10-19-13)17(22)20-12-6-14(23-3)16(25-5)15(7-12)24-4/h6-8,10-11H,9H2,1-5H3,(H,18,19)(H,20,22). The first-order chi connectivity index (χ1) is 12.0. The minimum Gasteiger partial charge on any atom is -0.493 e. The van der Waals surface area contributed by atoms with Crippen LogP contribution >= 0.6 is 0 Å². The second-order valence-corrected chi connectivity index (χ2v) is 5.57. The SMILES string of the molecule is COc1cc(NC(=O)C(C)N(C)Cc2cnc[nH]2)cc(OC)c1OC. The van der Waals surface area contributed by atoms with Crippen LogP contribution in [0.4, 0.5) is 5.69 Å². The summed E-state index contributed by atoms with van der Waals surface area (Å²) in [6.45, 7) is 2.42. The lowest BCUT2D eigenvalue weighted by Crippen LogP contribution is -2.39. The Morgan fingerprint density at radius 2 is 1.88 bits per heavy atom. The van der Waals surface area contributed by atoms with Gasteiger partial charge in [-0.3, -0.25) is 9.69 Å². The molecular formula is C17H24N4O4. The van der Waals surface area contributed by atoms with E-state index in [1.165, 1.54) is 21.3 Å². The number of carbonyl (C=O) groups is 1. The first kappa shape index (κ1) is 18.6. The molecule has 1 unspecified atom stereocenters. The molecule has 0 aliphatic rings. The van der Waals surface area contributed by atoms with Crippen molar-refractivity contribution in [2.24, 2.45) is 0 Å². The molecule has 0 saturated carbocycles. The van der Waals surface area contributed by atoms with Gasteiger partial charge in [0, 0.05) is 36.3 Å². The van der Waals surface area contributed by atoms with Crippen LogP contribution in [0, 0.1) is 0 Å². The number of ether oxygens (including phenoxy) is 3. The highest BCUT2D eigenvalue weighted by Crippen LogP contribution is 2.39. The lowest BCUT2D eigenvalue weighted by Gasteiger charge is -2.23. The predicted octanol–water partition coefficient (Wildman–Crippen LogP) is 1.89. The fraction of sp³-hybridized carbons (Fsp3) is 0.412. The fourth-order valence-corrected chi connectivity index (χ4v) is 2.38. The average molecular weight is 348 g/mol. The summed E-state index contributed by atoms with van der Waals surface area (Å²) in [7, 11) is 6.47. The summed E-state index contributed by atoms with van der Waals surface area (Å²) < 4.78 is 15.9. The van der Waals surface area contributed by atoms with Crippen LogP contribution in [0.5, 0.6) is 17.2 Å². The van der Waals surface area contributed by atoms with Crippen molar-refractivity contribution in [2.75, 3.05) is 33.7 Å². The van der Waals surface area contributed by atoms with E-state index in [1.807, 2.05) is 18.9 Å². The molecule has 8 heteroatoms. The lowest BCUT2D eigenvalue weighted by molar-refractivity contribution is -0.120. The van der Waals surface area contributed by atoms with E-state index in [4.69, 9.17) is 14.2 Å². The third-order valence-corrected chi connectivity index (χ3v) is 3.95. The third kappa shape index (κ3) is 4.42. The van der Waals surface area contributed by atoms with Gasteiger partial charge in [-0.15, -0.1) is 0 Å². The van der Waals surface area contributed by atoms with Gasteiger partial charge in [-0.2, -0.15) is 0 Å². The zero-order valence-electron chi connectivity index (χ0n) is 15.1. The number of amides is 1. The molecule has 0 fully saturated rings. The van der Waals surface area contributed by atoms with Gasteiger partial charge in [-0.1, -0.05) is 0 Å². The number of anilines is 1. The van der Waals surface area contributed by atoms with Crippen molar-refractivity contribution in [3.8, 4) is 17.2 Å². The maximum atomic E-state index is 12.5. The molecule has 2 rings (SSSR count). The Morgan fingerprint density at radius 1 is 1.24 bits per heavy atom. The molecule has 1 atom stereocenters. The summed E-state index contributed by atoms with van der Waals surface area (Å²) in [4.78, 5) is 21.5. The number of rotatable bonds is 8. The van der Waals surface area contributed by atoms with Crippen molar-refractivity contribution in [2.45, 2.75) is 19.5 Å². The highest BCUT2D eigenvalue weighted by molar-refractivity contribution is 5.95. The Hall–Kier alpha value is -2.74. The molecule has 0 radical (unpaired) electrons. The third-order valence-electron chi connectivity index (χ3n) is 3.95. The number of imidazole rings is 1. The van der Waals surface area contributed by atoms with Crippen LogP contribution in [-0.4, -0.2) is 55.2 Å². The van der Waals surface area contributed by atoms with Crippen LogP contribution in [0.15, 0.2) is 24.7 Å². The number of likely N-dealkylation sites (N-methyl/N-ethyl adjacent to an activating group) is 1. The van der Waals surface area contributed by atoms with Crippen LogP contribution < -0.4 is 19.5 Å². The molecule has 0 aliphatic heterocycles. The van der Waals surface area contributed by atoms with Crippen molar-refractivity contribution < 1.29 is 19.0 Å². The zero-order chi connectivity index (χ0) is 18.4. The van der Waals surface area contributed by atoms with Gasteiger partial charge in [0.25, 0.3) is 0 Å². The van der Waals surface area contributed by atoms with Gasteiger partial charge in [-0.25, -0.2) is 4.98 Å². The van der Waals surface area contributed by atoms with Crippen LogP contribution in [0.25, 0.3) is 0 Å². The minimum absolute atomic E-state index is 0.142. The molecule has 0 saturated heterocycles. The largest absolute Gasteiger partial charge is 0.493 e. The van der Waals surface area contributed by atoms with Gasteiger partial charge in [0.1, 0.15) is 0 Å². The number of hydrogen-bond acceptors (Lipinski definition) is 6. The number of methoxy groups -OCH3 is 3. The molecule has 25 heavy (non-hydrogen) atoms. The summed E-state index contributed by atoms with van der Waals surface area (Å²) in [6, 6.07) is 3.05. The molecule has 136 valence electrons. The van der Waals surface area contributed by atoms with Crippen molar-refractivity contribution in [3.05, 3.63) is 30.4 Å². The number of hydrogen-bond donors (Lipinski definition) is 2. The molecule has 0 bridgehead atoms. The van der Waals surface area contributed by atoms with Crippen LogP contribution in [-0.2, 0) is 11.3 Å². The van der Waals surface area contributed by atoms with E-state index in [1.54, 1.807) is 24.7 Å². The Labute approximate surface area is 147 Å². The number of nitrogens with one attached hydrogen (secondary N) is 2. The normalized spacial score (nSPS) is 11.9. The monoisotopic (exact) mass is 348 g/mol. The molecule has 1 aromatic carbocycles. The summed E-state index contributed by atoms with van der Waals surface area (Å²) in [5, 5.41) is 2.88. The number of aromatic amines is 1. The predicted molar refractivity (Wildman–Crippen MR) is 94.2 cm³/mol. The van der Waals surface area contributed by atoms with Crippen molar-refractivity contribution in [1.29, 1.82) is 0 Å². The number of aromatic nitrogens is 2. The second kappa shape index (κ2) is 8.39. The van der Waals surface area contributed by atoms with Gasteiger partial charge in [0.2, 0.25) is 11.7 Å². The number of nitrogens with zero attached hydrogens (tertiary/aromatic N) is 2. The first-order valence-corrected chi connectivity index (χ1v) is 7.78. The van der Waals surface area contributed by atoms with E-state index < -0.39 is 0 Å². The summed E-state index contributed by atoms with van der Waals surface area (Å²) >= 11 is 0. The Balaban J connectivity index is 2.11. The molecule has 1 amide bonds. The molecule has 8 nitrogen and oxygen atoms in total. The van der Waals surface area contributed by atoms with E-state index in [-0.39, 0.29) is 11.9 Å². The summed E-state index contributed by atoms with van der Waals surface area (Å²) in [6.07, 6.45) is 3.35. The highest BCUT2D eigenvalue weighted by atomic mass is 16.5. The average Bonchev–Trinajstić information content (AvgIpc) is 3.12. The maximum Gasteiger partial charge on any atom is 0.241 e. The van der Waals surface area contributed by atoms with Crippen molar-refractivity contribution in [3.63, 3.8) is 0 Å². The molecule has 2 N–H and O–H groups in total. The van der Waals surface area contributed by atoms with Gasteiger partial charge in [-0.05, 0) is 14.0 Å². The van der Waals surface area contributed by atoms with E-state index in [9.17, 15) is 4.79 Å². The molecule has 0 spiro atoms. The van der Waals surface area contributed by atoms with E-state index in [2.05, 4.69) is 15.3 Å². The number of carbonyl (C=O) groups excluding carboxylic acids is 1. The van der Waals surface area contributed by atoms with E-state index in [0.717, 1.165) is 5.69 Å². The summed E-state index contributed by atoms with van der Waals surface area (Å²) in [5.74, 6) is 1.30. The topological polar surface area (TPSA) is 88.7 Å². The fourth-order valence-electron chi connectivity index (χ4n) is 2.38. The van der Waals surface area contributed by atoms with E-state index >= 15 is 0 Å². The number of H-pyrrole nitrogens is 1. The second-order valence-electron chi connectivity index (χ2n) is 5.57. The summed E-state index contributed by atoms with van der Waals surface area (Å²) in [5.41, 5.74) is 1.51. The van der Waals surface area contributed by atoms with Gasteiger partial charge >= 0.3 is 0 Å². The van der Waals surface area contributed by atoms with Crippen LogP contribution in [0.1, 0.15) is 12.6 Å². The Morgan fingerprint density at radius 3 is 2.36 bits per heavy atom. The molecule has 1 aromatic heterocycles. The van der Waals surface area contributed by atoms with Gasteiger partial charge in [0.05, 0.1) is 33.7 Å². The Bertz CT molecular complexity index is 678. The first-order valence-electron chi connectivity index (χ1n) is 7.78. The van der Waals surface area contributed by atoms with Gasteiger partial charge in [0.15, 0.2) is 11.5 Å². The van der Waals surface area contributed by atoms with Crippen LogP contribution in [0.3, 0.4) is 0 Å². The van der Waals surface area contributed by atoms with Gasteiger partial charge < -0.3 is 24.5 Å². The lowest BCUT2D eigenvalue weighted by atomic mass is 10.2. The number of benzene rings is 1. The van der Waals surface area contributed by atoms with Crippen LogP contribution in [0.2, 0.25) is 0 Å². The Kier molecular flexibility index (Phi) is 6.24. The molecule has 2 aromatic rings. The molecule has 0 aliphatic carbocycles. The van der Waals surface area contributed by atoms with E-state index in [0.29, 0.717) is 29.5 Å². The van der Waals surface area contributed by atoms with Crippen molar-refractivity contribution in [1.82, 2.24) is 14.9 Å². The molecular weight excluding hydrogens is 324 g/mol.